The maximum atomic E-state index is 12.4. The Balaban J connectivity index is 1.38. The van der Waals surface area contributed by atoms with E-state index in [2.05, 4.69) is 4.72 Å². The van der Waals surface area contributed by atoms with Crippen LogP contribution in [-0.2, 0) is 24.3 Å². The Morgan fingerprint density at radius 3 is 2.29 bits per heavy atom. The topological polar surface area (TPSA) is 105 Å². The average molecular weight is 466 g/mol. The predicted octanol–water partition coefficient (Wildman–Crippen LogP) is 2.01. The molecule has 0 radical (unpaired) electrons. The second kappa shape index (κ2) is 8.83. The summed E-state index contributed by atoms with van der Waals surface area (Å²) in [7, 11) is -3.75. The highest BCUT2D eigenvalue weighted by Gasteiger charge is 2.33. The number of rotatable bonds is 6. The van der Waals surface area contributed by atoms with Gasteiger partial charge in [-0.1, -0.05) is 11.6 Å². The van der Waals surface area contributed by atoms with Gasteiger partial charge >= 0.3 is 6.09 Å². The lowest BCUT2D eigenvalue weighted by Gasteiger charge is -2.27. The van der Waals surface area contributed by atoms with E-state index in [1.54, 1.807) is 29.2 Å². The number of nitrogens with one attached hydrogen (secondary N) is 1. The number of cyclic esters (lactones) is 1. The van der Waals surface area contributed by atoms with Gasteiger partial charge in [0.1, 0.15) is 12.7 Å². The Hall–Kier alpha value is -2.66. The van der Waals surface area contributed by atoms with E-state index in [0.29, 0.717) is 23.9 Å². The van der Waals surface area contributed by atoms with Gasteiger partial charge in [-0.3, -0.25) is 9.69 Å². The number of morpholine rings is 1. The minimum Gasteiger partial charge on any atom is -0.443 e. The molecule has 4 rings (SSSR count). The molecule has 164 valence electrons. The average Bonchev–Trinajstić information content (AvgIpc) is 3.14. The zero-order valence-corrected chi connectivity index (χ0v) is 17.9. The summed E-state index contributed by atoms with van der Waals surface area (Å²) in [5.74, 6) is -0.118. The Morgan fingerprint density at radius 1 is 1.00 bits per heavy atom. The SMILES string of the molecule is O=C1COCCN1c1ccc(N2C[C@H](CNS(=O)(=O)c3ccc(Cl)cc3)OC2=O)cc1. The van der Waals surface area contributed by atoms with Crippen LogP contribution >= 0.6 is 11.6 Å². The first-order valence-corrected chi connectivity index (χ1v) is 11.4. The molecule has 2 aromatic carbocycles. The van der Waals surface area contributed by atoms with E-state index in [4.69, 9.17) is 21.1 Å². The van der Waals surface area contributed by atoms with Crippen LogP contribution in [-0.4, -0.2) is 59.4 Å². The van der Waals surface area contributed by atoms with E-state index >= 15 is 0 Å². The molecule has 11 heteroatoms. The van der Waals surface area contributed by atoms with Crippen molar-refractivity contribution in [2.75, 3.05) is 42.6 Å². The summed E-state index contributed by atoms with van der Waals surface area (Å²) in [5, 5.41) is 0.434. The molecule has 0 aromatic heterocycles. The predicted molar refractivity (Wildman–Crippen MR) is 114 cm³/mol. The minimum atomic E-state index is -3.75. The molecule has 1 N–H and O–H groups in total. The van der Waals surface area contributed by atoms with Crippen LogP contribution < -0.4 is 14.5 Å². The van der Waals surface area contributed by atoms with Gasteiger partial charge < -0.3 is 14.4 Å². The number of amides is 2. The van der Waals surface area contributed by atoms with Crippen LogP contribution in [0.3, 0.4) is 0 Å². The Morgan fingerprint density at radius 2 is 1.65 bits per heavy atom. The molecule has 0 bridgehead atoms. The number of anilines is 2. The van der Waals surface area contributed by atoms with Crippen LogP contribution in [0.5, 0.6) is 0 Å². The highest BCUT2D eigenvalue weighted by atomic mass is 35.5. The third-order valence-electron chi connectivity index (χ3n) is 4.96. The van der Waals surface area contributed by atoms with Crippen molar-refractivity contribution in [2.24, 2.45) is 0 Å². The van der Waals surface area contributed by atoms with Crippen molar-refractivity contribution < 1.29 is 27.5 Å². The molecule has 1 atom stereocenters. The van der Waals surface area contributed by atoms with Crippen LogP contribution in [0.1, 0.15) is 0 Å². The van der Waals surface area contributed by atoms with Gasteiger partial charge in [-0.15, -0.1) is 0 Å². The number of hydrogen-bond donors (Lipinski definition) is 1. The van der Waals surface area contributed by atoms with Crippen molar-refractivity contribution in [1.82, 2.24) is 4.72 Å². The number of carbonyl (C=O) groups is 2. The van der Waals surface area contributed by atoms with E-state index in [1.807, 2.05) is 0 Å². The molecule has 2 aliphatic rings. The van der Waals surface area contributed by atoms with Crippen molar-refractivity contribution in [3.63, 3.8) is 0 Å². The van der Waals surface area contributed by atoms with Crippen LogP contribution in [0.15, 0.2) is 53.4 Å². The third-order valence-corrected chi connectivity index (χ3v) is 6.65. The Bertz CT molecular complexity index is 1080. The number of sulfonamides is 1. The van der Waals surface area contributed by atoms with Crippen LogP contribution in [0.4, 0.5) is 16.2 Å². The van der Waals surface area contributed by atoms with Gasteiger partial charge in [0.25, 0.3) is 5.91 Å². The second-order valence-electron chi connectivity index (χ2n) is 7.04. The lowest BCUT2D eigenvalue weighted by Crippen LogP contribution is -2.41. The molecule has 2 aromatic rings. The summed E-state index contributed by atoms with van der Waals surface area (Å²) >= 11 is 5.79. The third kappa shape index (κ3) is 4.82. The summed E-state index contributed by atoms with van der Waals surface area (Å²) in [6.45, 7) is 1.12. The molecule has 0 unspecified atom stereocenters. The van der Waals surface area contributed by atoms with Crippen LogP contribution in [0.25, 0.3) is 0 Å². The van der Waals surface area contributed by atoms with Crippen LogP contribution in [0.2, 0.25) is 5.02 Å². The van der Waals surface area contributed by atoms with E-state index in [9.17, 15) is 18.0 Å². The van der Waals surface area contributed by atoms with Gasteiger partial charge in [0, 0.05) is 29.5 Å². The second-order valence-corrected chi connectivity index (χ2v) is 9.24. The fourth-order valence-electron chi connectivity index (χ4n) is 3.34. The van der Waals surface area contributed by atoms with Gasteiger partial charge in [-0.25, -0.2) is 17.9 Å². The maximum absolute atomic E-state index is 12.4. The largest absolute Gasteiger partial charge is 0.443 e. The zero-order valence-electron chi connectivity index (χ0n) is 16.4. The molecule has 2 amide bonds. The van der Waals surface area contributed by atoms with Crippen molar-refractivity contribution >= 4 is 45.0 Å². The van der Waals surface area contributed by atoms with Crippen LogP contribution in [0, 0.1) is 0 Å². The highest BCUT2D eigenvalue weighted by molar-refractivity contribution is 7.89. The zero-order chi connectivity index (χ0) is 22.0. The first-order chi connectivity index (χ1) is 14.8. The summed E-state index contributed by atoms with van der Waals surface area (Å²) in [4.78, 5) is 27.4. The van der Waals surface area contributed by atoms with Crippen molar-refractivity contribution in [1.29, 1.82) is 0 Å². The van der Waals surface area contributed by atoms with Crippen molar-refractivity contribution in [3.8, 4) is 0 Å². The normalized spacial score (nSPS) is 19.6. The number of hydrogen-bond acceptors (Lipinski definition) is 6. The highest BCUT2D eigenvalue weighted by Crippen LogP contribution is 2.25. The molecule has 2 fully saturated rings. The minimum absolute atomic E-state index is 0.0494. The number of benzene rings is 2. The fraction of sp³-hybridized carbons (Fsp3) is 0.300. The maximum Gasteiger partial charge on any atom is 0.414 e. The van der Waals surface area contributed by atoms with E-state index in [0.717, 1.165) is 5.69 Å². The lowest BCUT2D eigenvalue weighted by molar-refractivity contribution is -0.125. The monoisotopic (exact) mass is 465 g/mol. The molecular formula is C20H20ClN3O6S. The summed E-state index contributed by atoms with van der Waals surface area (Å²) in [6, 6.07) is 12.7. The molecule has 2 aliphatic heterocycles. The number of nitrogens with zero attached hydrogens (tertiary/aromatic N) is 2. The number of ether oxygens (including phenoxy) is 2. The number of halogens is 1. The van der Waals surface area contributed by atoms with Gasteiger partial charge in [0.05, 0.1) is 18.0 Å². The molecule has 0 aliphatic carbocycles. The van der Waals surface area contributed by atoms with E-state index in [1.165, 1.54) is 29.2 Å². The van der Waals surface area contributed by atoms with Crippen molar-refractivity contribution in [3.05, 3.63) is 53.6 Å². The Labute approximate surface area is 184 Å². The standard InChI is InChI=1S/C20H20ClN3O6S/c21-14-1-7-18(8-2-14)31(27,28)22-11-17-12-24(20(26)30-17)16-5-3-15(4-6-16)23-9-10-29-13-19(23)25/h1-8,17,22H,9-13H2/t17-/m0/s1. The first-order valence-electron chi connectivity index (χ1n) is 9.55. The fourth-order valence-corrected chi connectivity index (χ4v) is 4.53. The van der Waals surface area contributed by atoms with Gasteiger partial charge in [-0.2, -0.15) is 0 Å². The lowest BCUT2D eigenvalue weighted by atomic mass is 10.2. The quantitative estimate of drug-likeness (QED) is 0.699. The molecule has 0 spiro atoms. The molecule has 0 saturated carbocycles. The van der Waals surface area contributed by atoms with Gasteiger partial charge in [0.15, 0.2) is 0 Å². The summed E-state index contributed by atoms with van der Waals surface area (Å²) < 4.78 is 37.7. The molecule has 2 saturated heterocycles. The van der Waals surface area contributed by atoms with E-state index < -0.39 is 22.2 Å². The summed E-state index contributed by atoms with van der Waals surface area (Å²) in [6.07, 6.45) is -1.21. The Kier molecular flexibility index (Phi) is 6.15. The van der Waals surface area contributed by atoms with Crippen molar-refractivity contribution in [2.45, 2.75) is 11.0 Å². The number of carbonyl (C=O) groups excluding carboxylic acids is 2. The first kappa shape index (κ1) is 21.6. The van der Waals surface area contributed by atoms with E-state index in [-0.39, 0.29) is 30.5 Å². The molecule has 31 heavy (non-hydrogen) atoms. The molecule has 2 heterocycles. The van der Waals surface area contributed by atoms with Gasteiger partial charge in [0.2, 0.25) is 10.0 Å². The smallest absolute Gasteiger partial charge is 0.414 e. The molecular weight excluding hydrogens is 446 g/mol. The molecule has 9 nitrogen and oxygen atoms in total. The summed E-state index contributed by atoms with van der Waals surface area (Å²) in [5.41, 5.74) is 1.31. The van der Waals surface area contributed by atoms with Gasteiger partial charge in [-0.05, 0) is 48.5 Å².